The van der Waals surface area contributed by atoms with Gasteiger partial charge in [0.15, 0.2) is 5.96 Å². The van der Waals surface area contributed by atoms with Crippen LogP contribution in [0.25, 0.3) is 10.8 Å². The number of rotatable bonds is 10. The van der Waals surface area contributed by atoms with Crippen molar-refractivity contribution in [3.8, 4) is 0 Å². The molecule has 0 unspecified atom stereocenters. The van der Waals surface area contributed by atoms with Crippen LogP contribution in [0.15, 0.2) is 47.5 Å². The van der Waals surface area contributed by atoms with Gasteiger partial charge in [-0.05, 0) is 29.2 Å². The van der Waals surface area contributed by atoms with Crippen molar-refractivity contribution in [2.75, 3.05) is 47.1 Å². The number of guanidine groups is 1. The molecule has 2 rings (SSSR count). The molecule has 0 bridgehead atoms. The molecule has 25 heavy (non-hydrogen) atoms. The van der Waals surface area contributed by atoms with Gasteiger partial charge in [-0.15, -0.1) is 0 Å². The number of fused-ring (bicyclic) bond motifs is 1. The highest BCUT2D eigenvalue weighted by molar-refractivity contribution is 5.83. The molecular weight excluding hydrogens is 314 g/mol. The molecule has 2 aromatic carbocycles. The lowest BCUT2D eigenvalue weighted by Gasteiger charge is -2.12. The molecule has 0 heterocycles. The molecule has 0 aliphatic heterocycles. The molecular formula is C20H29N3O2. The van der Waals surface area contributed by atoms with Crippen molar-refractivity contribution in [1.82, 2.24) is 10.6 Å². The second kappa shape index (κ2) is 11.4. The van der Waals surface area contributed by atoms with Crippen LogP contribution in [0.4, 0.5) is 0 Å². The molecule has 0 fully saturated rings. The molecule has 0 atom stereocenters. The number of ether oxygens (including phenoxy) is 2. The topological polar surface area (TPSA) is 54.9 Å². The van der Waals surface area contributed by atoms with Gasteiger partial charge in [0.05, 0.1) is 13.2 Å². The fourth-order valence-electron chi connectivity index (χ4n) is 2.57. The summed E-state index contributed by atoms with van der Waals surface area (Å²) in [6.45, 7) is 3.70. The second-order valence-corrected chi connectivity index (χ2v) is 5.82. The van der Waals surface area contributed by atoms with Gasteiger partial charge in [0.25, 0.3) is 0 Å². The highest BCUT2D eigenvalue weighted by atomic mass is 16.5. The van der Waals surface area contributed by atoms with Crippen molar-refractivity contribution in [2.45, 2.75) is 12.8 Å². The minimum atomic E-state index is 0.644. The molecule has 0 saturated carbocycles. The van der Waals surface area contributed by atoms with Crippen molar-refractivity contribution in [2.24, 2.45) is 4.99 Å². The lowest BCUT2D eigenvalue weighted by molar-refractivity contribution is 0.0698. The summed E-state index contributed by atoms with van der Waals surface area (Å²) in [6, 6.07) is 15.1. The first-order valence-electron chi connectivity index (χ1n) is 8.82. The average Bonchev–Trinajstić information content (AvgIpc) is 2.65. The van der Waals surface area contributed by atoms with E-state index in [1.807, 2.05) is 0 Å². The summed E-state index contributed by atoms with van der Waals surface area (Å²) in [7, 11) is 3.47. The minimum absolute atomic E-state index is 0.644. The third-order valence-corrected chi connectivity index (χ3v) is 3.93. The molecule has 0 spiro atoms. The van der Waals surface area contributed by atoms with Gasteiger partial charge in [0.1, 0.15) is 0 Å². The van der Waals surface area contributed by atoms with E-state index in [1.54, 1.807) is 14.2 Å². The highest BCUT2D eigenvalue weighted by Gasteiger charge is 1.99. The van der Waals surface area contributed by atoms with E-state index in [-0.39, 0.29) is 0 Å². The number of hydrogen-bond acceptors (Lipinski definition) is 3. The molecule has 5 heteroatoms. The Kier molecular flexibility index (Phi) is 8.80. The molecule has 0 saturated heterocycles. The molecule has 0 amide bonds. The van der Waals surface area contributed by atoms with Crippen molar-refractivity contribution in [3.05, 3.63) is 48.0 Å². The first-order chi connectivity index (χ1) is 12.3. The van der Waals surface area contributed by atoms with E-state index in [4.69, 9.17) is 9.47 Å². The quantitative estimate of drug-likeness (QED) is 0.396. The van der Waals surface area contributed by atoms with Gasteiger partial charge in [0, 0.05) is 33.9 Å². The van der Waals surface area contributed by atoms with Crippen molar-refractivity contribution in [3.63, 3.8) is 0 Å². The zero-order chi connectivity index (χ0) is 17.7. The summed E-state index contributed by atoms with van der Waals surface area (Å²) >= 11 is 0. The maximum Gasteiger partial charge on any atom is 0.190 e. The van der Waals surface area contributed by atoms with Crippen LogP contribution in [0, 0.1) is 0 Å². The maximum atomic E-state index is 5.44. The van der Waals surface area contributed by atoms with Gasteiger partial charge in [-0.1, -0.05) is 42.5 Å². The van der Waals surface area contributed by atoms with Crippen molar-refractivity contribution >= 4 is 16.7 Å². The molecule has 2 N–H and O–H groups in total. The number of nitrogens with zero attached hydrogens (tertiary/aromatic N) is 1. The standard InChI is InChI=1S/C20H29N3O2/c1-21-20(22-11-5-13-25-15-14-24-2)23-12-10-17-8-9-18-6-3-4-7-19(18)16-17/h3-4,6-9,16H,5,10-15H2,1-2H3,(H2,21,22,23). The predicted molar refractivity (Wildman–Crippen MR) is 104 cm³/mol. The van der Waals surface area contributed by atoms with E-state index in [0.29, 0.717) is 13.2 Å². The van der Waals surface area contributed by atoms with Gasteiger partial charge < -0.3 is 20.1 Å². The highest BCUT2D eigenvalue weighted by Crippen LogP contribution is 2.15. The zero-order valence-electron chi connectivity index (χ0n) is 15.3. The molecule has 5 nitrogen and oxygen atoms in total. The summed E-state index contributed by atoms with van der Waals surface area (Å²) < 4.78 is 10.4. The van der Waals surface area contributed by atoms with E-state index in [1.165, 1.54) is 16.3 Å². The number of hydrogen-bond donors (Lipinski definition) is 2. The monoisotopic (exact) mass is 343 g/mol. The summed E-state index contributed by atoms with van der Waals surface area (Å²) in [5.41, 5.74) is 1.33. The molecule has 0 aliphatic carbocycles. The van der Waals surface area contributed by atoms with Crippen LogP contribution in [0.5, 0.6) is 0 Å². The first kappa shape index (κ1) is 19.2. The van der Waals surface area contributed by atoms with Gasteiger partial charge in [0.2, 0.25) is 0 Å². The summed E-state index contributed by atoms with van der Waals surface area (Å²) in [5, 5.41) is 9.23. The Morgan fingerprint density at radius 3 is 2.56 bits per heavy atom. The maximum absolute atomic E-state index is 5.44. The first-order valence-corrected chi connectivity index (χ1v) is 8.82. The smallest absolute Gasteiger partial charge is 0.190 e. The molecule has 0 radical (unpaired) electrons. The molecule has 2 aromatic rings. The van der Waals surface area contributed by atoms with Crippen LogP contribution in [0.3, 0.4) is 0 Å². The van der Waals surface area contributed by atoms with Gasteiger partial charge >= 0.3 is 0 Å². The fraction of sp³-hybridized carbons (Fsp3) is 0.450. The molecule has 0 aliphatic rings. The average molecular weight is 343 g/mol. The van der Waals surface area contributed by atoms with Crippen LogP contribution in [0.1, 0.15) is 12.0 Å². The SMILES string of the molecule is CN=C(NCCCOCCOC)NCCc1ccc2ccccc2c1. The zero-order valence-corrected chi connectivity index (χ0v) is 15.3. The third-order valence-electron chi connectivity index (χ3n) is 3.93. The van der Waals surface area contributed by atoms with E-state index in [0.717, 1.165) is 38.5 Å². The van der Waals surface area contributed by atoms with E-state index < -0.39 is 0 Å². The Hall–Kier alpha value is -2.11. The van der Waals surface area contributed by atoms with Crippen LogP contribution in [-0.2, 0) is 15.9 Å². The van der Waals surface area contributed by atoms with Crippen LogP contribution < -0.4 is 10.6 Å². The Morgan fingerprint density at radius 1 is 0.960 bits per heavy atom. The Labute approximate surface area is 150 Å². The Bertz CT molecular complexity index is 658. The fourth-order valence-corrected chi connectivity index (χ4v) is 2.57. The summed E-state index contributed by atoms with van der Waals surface area (Å²) in [6.07, 6.45) is 1.90. The Morgan fingerprint density at radius 2 is 1.76 bits per heavy atom. The van der Waals surface area contributed by atoms with Crippen LogP contribution in [0.2, 0.25) is 0 Å². The van der Waals surface area contributed by atoms with E-state index >= 15 is 0 Å². The van der Waals surface area contributed by atoms with Crippen molar-refractivity contribution < 1.29 is 9.47 Å². The van der Waals surface area contributed by atoms with Crippen LogP contribution >= 0.6 is 0 Å². The molecule has 136 valence electrons. The van der Waals surface area contributed by atoms with Crippen molar-refractivity contribution in [1.29, 1.82) is 0 Å². The normalized spacial score (nSPS) is 11.7. The van der Waals surface area contributed by atoms with E-state index in [9.17, 15) is 0 Å². The minimum Gasteiger partial charge on any atom is -0.382 e. The lowest BCUT2D eigenvalue weighted by Crippen LogP contribution is -2.39. The van der Waals surface area contributed by atoms with Gasteiger partial charge in [-0.2, -0.15) is 0 Å². The summed E-state index contributed by atoms with van der Waals surface area (Å²) in [5.74, 6) is 0.831. The van der Waals surface area contributed by atoms with Gasteiger partial charge in [-0.3, -0.25) is 4.99 Å². The lowest BCUT2D eigenvalue weighted by atomic mass is 10.1. The number of benzene rings is 2. The third kappa shape index (κ3) is 7.11. The summed E-state index contributed by atoms with van der Waals surface area (Å²) in [4.78, 5) is 4.25. The number of nitrogens with one attached hydrogen (secondary N) is 2. The molecule has 0 aromatic heterocycles. The van der Waals surface area contributed by atoms with E-state index in [2.05, 4.69) is 58.1 Å². The predicted octanol–water partition coefficient (Wildman–Crippen LogP) is 2.60. The van der Waals surface area contributed by atoms with Crippen LogP contribution in [-0.4, -0.2) is 53.0 Å². The number of methoxy groups -OCH3 is 1. The Balaban J connectivity index is 1.64. The van der Waals surface area contributed by atoms with Gasteiger partial charge in [-0.25, -0.2) is 0 Å². The second-order valence-electron chi connectivity index (χ2n) is 5.82. The largest absolute Gasteiger partial charge is 0.382 e. The number of aliphatic imine (C=N–C) groups is 1.